The molecule has 0 aliphatic heterocycles. The minimum Gasteiger partial charge on any atom is -0.465 e. The summed E-state index contributed by atoms with van der Waals surface area (Å²) in [5, 5.41) is 2.99. The first kappa shape index (κ1) is 13.1. The number of ether oxygens (including phenoxy) is 1. The average molecular weight is 263 g/mol. The van der Waals surface area contributed by atoms with Crippen LogP contribution in [-0.2, 0) is 11.3 Å². The van der Waals surface area contributed by atoms with E-state index in [0.717, 1.165) is 11.5 Å². The van der Waals surface area contributed by atoms with E-state index in [-0.39, 0.29) is 0 Å². The summed E-state index contributed by atoms with van der Waals surface area (Å²) in [4.78, 5) is 18.7. The number of carbonyl (C=O) groups is 1. The van der Waals surface area contributed by atoms with Crippen LogP contribution in [0.4, 0.5) is 10.1 Å². The molecule has 0 aliphatic rings. The molecule has 1 aromatic carbocycles. The van der Waals surface area contributed by atoms with Gasteiger partial charge in [-0.25, -0.2) is 14.2 Å². The largest absolute Gasteiger partial charge is 0.465 e. The molecule has 0 fully saturated rings. The summed E-state index contributed by atoms with van der Waals surface area (Å²) in [6, 6.07) is 3.87. The third kappa shape index (κ3) is 3.09. The zero-order valence-electron chi connectivity index (χ0n) is 10.7. The predicted molar refractivity (Wildman–Crippen MR) is 68.4 cm³/mol. The van der Waals surface area contributed by atoms with E-state index < -0.39 is 11.8 Å². The van der Waals surface area contributed by atoms with E-state index in [0.29, 0.717) is 17.8 Å². The van der Waals surface area contributed by atoms with Gasteiger partial charge in [0.2, 0.25) is 0 Å². The Morgan fingerprint density at radius 1 is 1.53 bits per heavy atom. The van der Waals surface area contributed by atoms with Crippen LogP contribution < -0.4 is 5.32 Å². The van der Waals surface area contributed by atoms with Crippen LogP contribution in [0.2, 0.25) is 0 Å². The van der Waals surface area contributed by atoms with Crippen molar-refractivity contribution >= 4 is 11.7 Å². The summed E-state index contributed by atoms with van der Waals surface area (Å²) in [5.41, 5.74) is 1.52. The van der Waals surface area contributed by atoms with E-state index in [4.69, 9.17) is 0 Å². The molecule has 0 saturated carbocycles. The lowest BCUT2D eigenvalue weighted by Gasteiger charge is -2.10. The van der Waals surface area contributed by atoms with Crippen LogP contribution in [0.15, 0.2) is 24.4 Å². The topological polar surface area (TPSA) is 67.0 Å². The molecule has 0 spiro atoms. The van der Waals surface area contributed by atoms with Gasteiger partial charge in [0.15, 0.2) is 0 Å². The van der Waals surface area contributed by atoms with Crippen molar-refractivity contribution in [1.29, 1.82) is 0 Å². The fourth-order valence-electron chi connectivity index (χ4n) is 1.70. The first-order valence-corrected chi connectivity index (χ1v) is 5.72. The number of halogens is 1. The van der Waals surface area contributed by atoms with Gasteiger partial charge in [0.25, 0.3) is 0 Å². The van der Waals surface area contributed by atoms with Crippen molar-refractivity contribution in [2.45, 2.75) is 13.5 Å². The highest BCUT2D eigenvalue weighted by Crippen LogP contribution is 2.19. The number of nitrogens with zero attached hydrogens (tertiary/aromatic N) is 1. The van der Waals surface area contributed by atoms with Gasteiger partial charge in [0.05, 0.1) is 36.8 Å². The summed E-state index contributed by atoms with van der Waals surface area (Å²) in [6.07, 6.45) is 1.68. The minimum atomic E-state index is -0.511. The van der Waals surface area contributed by atoms with Gasteiger partial charge < -0.3 is 15.0 Å². The van der Waals surface area contributed by atoms with Crippen molar-refractivity contribution in [2.24, 2.45) is 0 Å². The Bertz CT molecular complexity index is 595. The number of H-pyrrole nitrogens is 1. The van der Waals surface area contributed by atoms with Crippen LogP contribution >= 0.6 is 0 Å². The number of aryl methyl sites for hydroxylation is 1. The number of nitrogens with one attached hydrogen (secondary N) is 2. The molecule has 0 atom stereocenters. The standard InChI is InChI=1S/C13H14FN3O2/c1-8-15-6-10(17-8)7-16-12-5-9(14)3-4-11(12)13(18)19-2/h3-6,16H,7H2,1-2H3,(H,15,17). The number of rotatable bonds is 4. The lowest BCUT2D eigenvalue weighted by atomic mass is 10.1. The molecule has 5 nitrogen and oxygen atoms in total. The zero-order chi connectivity index (χ0) is 13.8. The molecule has 2 rings (SSSR count). The summed E-state index contributed by atoms with van der Waals surface area (Å²) in [6.45, 7) is 2.25. The van der Waals surface area contributed by atoms with E-state index in [9.17, 15) is 9.18 Å². The molecule has 2 aromatic rings. The molecule has 2 N–H and O–H groups in total. The number of carbonyl (C=O) groups excluding carboxylic acids is 1. The number of aromatic amines is 1. The molecule has 0 saturated heterocycles. The number of esters is 1. The highest BCUT2D eigenvalue weighted by atomic mass is 19.1. The van der Waals surface area contributed by atoms with Gasteiger partial charge in [-0.2, -0.15) is 0 Å². The van der Waals surface area contributed by atoms with Crippen LogP contribution in [0.5, 0.6) is 0 Å². The lowest BCUT2D eigenvalue weighted by molar-refractivity contribution is 0.0602. The van der Waals surface area contributed by atoms with Gasteiger partial charge in [0, 0.05) is 0 Å². The van der Waals surface area contributed by atoms with Crippen molar-refractivity contribution in [2.75, 3.05) is 12.4 Å². The first-order valence-electron chi connectivity index (χ1n) is 5.72. The van der Waals surface area contributed by atoms with Crippen molar-refractivity contribution in [1.82, 2.24) is 9.97 Å². The first-order chi connectivity index (χ1) is 9.10. The number of aromatic nitrogens is 2. The van der Waals surface area contributed by atoms with Gasteiger partial charge in [-0.3, -0.25) is 0 Å². The highest BCUT2D eigenvalue weighted by molar-refractivity contribution is 5.95. The smallest absolute Gasteiger partial charge is 0.339 e. The number of methoxy groups -OCH3 is 1. The van der Waals surface area contributed by atoms with Crippen molar-refractivity contribution < 1.29 is 13.9 Å². The van der Waals surface area contributed by atoms with E-state index in [1.165, 1.54) is 25.3 Å². The molecular formula is C13H14FN3O2. The number of anilines is 1. The second-order valence-electron chi connectivity index (χ2n) is 4.03. The minimum absolute atomic E-state index is 0.292. The lowest BCUT2D eigenvalue weighted by Crippen LogP contribution is -2.09. The molecule has 0 radical (unpaired) electrons. The second-order valence-corrected chi connectivity index (χ2v) is 4.03. The normalized spacial score (nSPS) is 10.3. The number of hydrogen-bond donors (Lipinski definition) is 2. The summed E-state index contributed by atoms with van der Waals surface area (Å²) < 4.78 is 17.9. The molecule has 1 aromatic heterocycles. The van der Waals surface area contributed by atoms with E-state index in [2.05, 4.69) is 20.0 Å². The van der Waals surface area contributed by atoms with Crippen molar-refractivity contribution in [3.63, 3.8) is 0 Å². The monoisotopic (exact) mass is 263 g/mol. The van der Waals surface area contributed by atoms with Gasteiger partial charge in [-0.05, 0) is 25.1 Å². The fourth-order valence-corrected chi connectivity index (χ4v) is 1.70. The molecule has 0 amide bonds. The van der Waals surface area contributed by atoms with E-state index in [1.54, 1.807) is 6.20 Å². The van der Waals surface area contributed by atoms with Crippen LogP contribution in [0.3, 0.4) is 0 Å². The number of hydrogen-bond acceptors (Lipinski definition) is 4. The molecule has 100 valence electrons. The van der Waals surface area contributed by atoms with Crippen LogP contribution in [0.1, 0.15) is 21.9 Å². The highest BCUT2D eigenvalue weighted by Gasteiger charge is 2.12. The van der Waals surface area contributed by atoms with Gasteiger partial charge in [-0.15, -0.1) is 0 Å². The number of imidazole rings is 1. The third-order valence-electron chi connectivity index (χ3n) is 2.61. The van der Waals surface area contributed by atoms with E-state index >= 15 is 0 Å². The Kier molecular flexibility index (Phi) is 3.79. The Labute approximate surface area is 109 Å². The number of benzene rings is 1. The van der Waals surface area contributed by atoms with Crippen LogP contribution in [0, 0.1) is 12.7 Å². The summed E-state index contributed by atoms with van der Waals surface area (Å²) >= 11 is 0. The summed E-state index contributed by atoms with van der Waals surface area (Å²) in [5.74, 6) is -0.136. The Hall–Kier alpha value is -2.37. The zero-order valence-corrected chi connectivity index (χ0v) is 10.7. The van der Waals surface area contributed by atoms with Gasteiger partial charge in [0.1, 0.15) is 11.6 Å². The van der Waals surface area contributed by atoms with Gasteiger partial charge in [-0.1, -0.05) is 0 Å². The quantitative estimate of drug-likeness (QED) is 0.830. The maximum absolute atomic E-state index is 13.2. The molecule has 19 heavy (non-hydrogen) atoms. The van der Waals surface area contributed by atoms with E-state index in [1.807, 2.05) is 6.92 Å². The molecule has 0 unspecified atom stereocenters. The van der Waals surface area contributed by atoms with Crippen molar-refractivity contribution in [3.8, 4) is 0 Å². The predicted octanol–water partition coefficient (Wildman–Crippen LogP) is 2.26. The Morgan fingerprint density at radius 2 is 2.32 bits per heavy atom. The third-order valence-corrected chi connectivity index (χ3v) is 2.61. The van der Waals surface area contributed by atoms with Crippen LogP contribution in [0.25, 0.3) is 0 Å². The molecule has 0 aliphatic carbocycles. The molecule has 1 heterocycles. The van der Waals surface area contributed by atoms with Gasteiger partial charge >= 0.3 is 5.97 Å². The van der Waals surface area contributed by atoms with Crippen LogP contribution in [-0.4, -0.2) is 23.0 Å². The maximum Gasteiger partial charge on any atom is 0.339 e. The van der Waals surface area contributed by atoms with Crippen molar-refractivity contribution in [3.05, 3.63) is 47.3 Å². The molecule has 0 bridgehead atoms. The fraction of sp³-hybridized carbons (Fsp3) is 0.231. The summed E-state index contributed by atoms with van der Waals surface area (Å²) in [7, 11) is 1.29. The SMILES string of the molecule is COC(=O)c1ccc(F)cc1NCc1cnc(C)[nH]1. The Balaban J connectivity index is 2.18. The molecule has 6 heteroatoms. The second kappa shape index (κ2) is 5.51. The average Bonchev–Trinajstić information content (AvgIpc) is 2.81. The Morgan fingerprint density at radius 3 is 2.95 bits per heavy atom. The maximum atomic E-state index is 13.2. The molecular weight excluding hydrogens is 249 g/mol.